The number of nitrogens with zero attached hydrogens (tertiary/aromatic N) is 1. The second-order valence-electron chi connectivity index (χ2n) is 4.09. The van der Waals surface area contributed by atoms with Crippen molar-refractivity contribution in [3.8, 4) is 12.3 Å². The van der Waals surface area contributed by atoms with Gasteiger partial charge < -0.3 is 15.3 Å². The maximum atomic E-state index is 11.9. The first-order valence-electron chi connectivity index (χ1n) is 5.79. The first-order chi connectivity index (χ1) is 8.11. The topological polar surface area (TPSA) is 69.6 Å². The minimum absolute atomic E-state index is 0.184. The Morgan fingerprint density at radius 3 is 3.00 bits per heavy atom. The van der Waals surface area contributed by atoms with Crippen molar-refractivity contribution in [3.05, 3.63) is 0 Å². The van der Waals surface area contributed by atoms with Gasteiger partial charge in [0.2, 0.25) is 11.8 Å². The monoisotopic (exact) mass is 238 g/mol. The highest BCUT2D eigenvalue weighted by atomic mass is 16.3. The average Bonchev–Trinajstić information content (AvgIpc) is 2.30. The molecule has 1 rings (SSSR count). The van der Waals surface area contributed by atoms with Crippen LogP contribution in [0.2, 0.25) is 0 Å². The summed E-state index contributed by atoms with van der Waals surface area (Å²) in [4.78, 5) is 25.1. The molecule has 0 aromatic heterocycles. The number of hydrogen-bond acceptors (Lipinski definition) is 3. The maximum Gasteiger partial charge on any atom is 0.238 e. The molecule has 2 unspecified atom stereocenters. The van der Waals surface area contributed by atoms with Crippen molar-refractivity contribution in [2.24, 2.45) is 5.92 Å². The normalized spacial score (nSPS) is 24.3. The summed E-state index contributed by atoms with van der Waals surface area (Å²) in [6.45, 7) is 3.01. The van der Waals surface area contributed by atoms with Gasteiger partial charge in [-0.2, -0.15) is 0 Å². The summed E-state index contributed by atoms with van der Waals surface area (Å²) >= 11 is 0. The average molecular weight is 238 g/mol. The summed E-state index contributed by atoms with van der Waals surface area (Å²) < 4.78 is 0. The van der Waals surface area contributed by atoms with Crippen molar-refractivity contribution in [1.29, 1.82) is 0 Å². The summed E-state index contributed by atoms with van der Waals surface area (Å²) in [7, 11) is 0. The van der Waals surface area contributed by atoms with Crippen LogP contribution in [-0.4, -0.2) is 47.6 Å². The van der Waals surface area contributed by atoms with Gasteiger partial charge in [-0.25, -0.2) is 0 Å². The highest BCUT2D eigenvalue weighted by Crippen LogP contribution is 2.18. The van der Waals surface area contributed by atoms with E-state index in [1.54, 1.807) is 0 Å². The zero-order chi connectivity index (χ0) is 12.8. The van der Waals surface area contributed by atoms with Gasteiger partial charge in [0.1, 0.15) is 5.92 Å². The van der Waals surface area contributed by atoms with E-state index in [9.17, 15) is 14.7 Å². The Morgan fingerprint density at radius 2 is 2.41 bits per heavy atom. The summed E-state index contributed by atoms with van der Waals surface area (Å²) in [5.41, 5.74) is 0. The largest absolute Gasteiger partial charge is 0.392 e. The van der Waals surface area contributed by atoms with Crippen molar-refractivity contribution >= 4 is 11.8 Å². The number of aliphatic hydroxyl groups is 1. The van der Waals surface area contributed by atoms with Crippen molar-refractivity contribution < 1.29 is 14.7 Å². The lowest BCUT2D eigenvalue weighted by atomic mass is 9.93. The molecule has 0 aromatic rings. The van der Waals surface area contributed by atoms with Gasteiger partial charge in [-0.05, 0) is 12.8 Å². The molecular formula is C12H18N2O3. The molecule has 1 aliphatic rings. The third-order valence-corrected chi connectivity index (χ3v) is 2.77. The fraction of sp³-hybridized carbons (Fsp3) is 0.667. The van der Waals surface area contributed by atoms with E-state index in [2.05, 4.69) is 11.2 Å². The van der Waals surface area contributed by atoms with Crippen LogP contribution in [0, 0.1) is 18.3 Å². The molecule has 1 aliphatic heterocycles. The number of likely N-dealkylation sites (tertiary alicyclic amines) is 1. The summed E-state index contributed by atoms with van der Waals surface area (Å²) in [5.74, 6) is 0.576. The van der Waals surface area contributed by atoms with Crippen LogP contribution in [0.25, 0.3) is 0 Å². The number of nitrogens with one attached hydrogen (secondary N) is 1. The molecule has 1 saturated heterocycles. The van der Waals surface area contributed by atoms with Gasteiger partial charge in [-0.1, -0.05) is 12.8 Å². The van der Waals surface area contributed by atoms with Crippen LogP contribution in [0.3, 0.4) is 0 Å². The molecule has 0 aromatic carbocycles. The first kappa shape index (κ1) is 13.5. The molecule has 5 nitrogen and oxygen atoms in total. The SMILES string of the molecule is C#CCN1CCC(O)C(C(=O)NCCC)C1=O. The molecule has 0 spiro atoms. The van der Waals surface area contributed by atoms with Crippen LogP contribution >= 0.6 is 0 Å². The molecule has 2 atom stereocenters. The molecular weight excluding hydrogens is 220 g/mol. The number of amides is 2. The van der Waals surface area contributed by atoms with Crippen LogP contribution in [0.4, 0.5) is 0 Å². The van der Waals surface area contributed by atoms with Crippen molar-refractivity contribution in [1.82, 2.24) is 10.2 Å². The Balaban J connectivity index is 2.70. The minimum atomic E-state index is -1.01. The van der Waals surface area contributed by atoms with E-state index in [0.717, 1.165) is 6.42 Å². The van der Waals surface area contributed by atoms with Crippen LogP contribution in [0.1, 0.15) is 19.8 Å². The Labute approximate surface area is 101 Å². The third kappa shape index (κ3) is 3.21. The molecule has 1 fully saturated rings. The number of aliphatic hydroxyl groups excluding tert-OH is 1. The van der Waals surface area contributed by atoms with Crippen molar-refractivity contribution in [3.63, 3.8) is 0 Å². The van der Waals surface area contributed by atoms with Crippen molar-refractivity contribution in [2.45, 2.75) is 25.9 Å². The smallest absolute Gasteiger partial charge is 0.238 e. The molecule has 0 radical (unpaired) electrons. The molecule has 1 heterocycles. The Kier molecular flexibility index (Phi) is 4.98. The Bertz CT molecular complexity index is 335. The summed E-state index contributed by atoms with van der Waals surface area (Å²) in [6, 6.07) is 0. The van der Waals surface area contributed by atoms with Gasteiger partial charge in [0, 0.05) is 13.1 Å². The van der Waals surface area contributed by atoms with Gasteiger partial charge >= 0.3 is 0 Å². The van der Waals surface area contributed by atoms with Crippen molar-refractivity contribution in [2.75, 3.05) is 19.6 Å². The van der Waals surface area contributed by atoms with Crippen LogP contribution in [0.15, 0.2) is 0 Å². The molecule has 0 bridgehead atoms. The van der Waals surface area contributed by atoms with E-state index in [1.165, 1.54) is 4.90 Å². The Morgan fingerprint density at radius 1 is 1.71 bits per heavy atom. The van der Waals surface area contributed by atoms with Crippen LogP contribution < -0.4 is 5.32 Å². The first-order valence-corrected chi connectivity index (χ1v) is 5.79. The molecule has 94 valence electrons. The molecule has 0 aliphatic carbocycles. The van der Waals surface area contributed by atoms with Crippen LogP contribution in [0.5, 0.6) is 0 Å². The number of piperidine rings is 1. The lowest BCUT2D eigenvalue weighted by Crippen LogP contribution is -2.53. The van der Waals surface area contributed by atoms with Gasteiger partial charge in [-0.3, -0.25) is 9.59 Å². The van der Waals surface area contributed by atoms with E-state index >= 15 is 0 Å². The number of hydrogen-bond donors (Lipinski definition) is 2. The predicted octanol–water partition coefficient (Wildman–Crippen LogP) is -0.645. The lowest BCUT2D eigenvalue weighted by Gasteiger charge is -2.33. The standard InChI is InChI=1S/C12H18N2O3/c1-3-6-13-11(16)10-9(15)5-8-14(7-4-2)12(10)17/h2,9-10,15H,3,5-8H2,1H3,(H,13,16). The molecule has 2 amide bonds. The fourth-order valence-electron chi connectivity index (χ4n) is 1.84. The Hall–Kier alpha value is -1.54. The van der Waals surface area contributed by atoms with Gasteiger partial charge in [0.25, 0.3) is 0 Å². The zero-order valence-electron chi connectivity index (χ0n) is 9.98. The maximum absolute atomic E-state index is 11.9. The van der Waals surface area contributed by atoms with Gasteiger partial charge in [0.15, 0.2) is 0 Å². The van der Waals surface area contributed by atoms with Gasteiger partial charge in [0.05, 0.1) is 12.6 Å². The summed E-state index contributed by atoms with van der Waals surface area (Å²) in [6.07, 6.45) is 5.42. The van der Waals surface area contributed by atoms with Gasteiger partial charge in [-0.15, -0.1) is 6.42 Å². The van der Waals surface area contributed by atoms with E-state index < -0.39 is 17.9 Å². The number of carbonyl (C=O) groups excluding carboxylic acids is 2. The molecule has 17 heavy (non-hydrogen) atoms. The van der Waals surface area contributed by atoms with E-state index in [1.807, 2.05) is 6.92 Å². The van der Waals surface area contributed by atoms with E-state index in [-0.39, 0.29) is 12.5 Å². The minimum Gasteiger partial charge on any atom is -0.392 e. The number of rotatable bonds is 4. The molecule has 0 saturated carbocycles. The second kappa shape index (κ2) is 6.26. The lowest BCUT2D eigenvalue weighted by molar-refractivity contribution is -0.151. The highest BCUT2D eigenvalue weighted by Gasteiger charge is 2.40. The second-order valence-corrected chi connectivity index (χ2v) is 4.09. The van der Waals surface area contributed by atoms with Crippen LogP contribution in [-0.2, 0) is 9.59 Å². The van der Waals surface area contributed by atoms with E-state index in [0.29, 0.717) is 19.5 Å². The number of terminal acetylenes is 1. The molecule has 5 heteroatoms. The quantitative estimate of drug-likeness (QED) is 0.505. The zero-order valence-corrected chi connectivity index (χ0v) is 9.98. The third-order valence-electron chi connectivity index (χ3n) is 2.77. The number of carbonyl (C=O) groups is 2. The molecule has 2 N–H and O–H groups in total. The fourth-order valence-corrected chi connectivity index (χ4v) is 1.84. The van der Waals surface area contributed by atoms with E-state index in [4.69, 9.17) is 6.42 Å². The predicted molar refractivity (Wildman–Crippen MR) is 62.8 cm³/mol. The highest BCUT2D eigenvalue weighted by molar-refractivity contribution is 6.01. The summed E-state index contributed by atoms with van der Waals surface area (Å²) in [5, 5.41) is 12.4.